The van der Waals surface area contributed by atoms with E-state index < -0.39 is 5.91 Å². The van der Waals surface area contributed by atoms with Crippen molar-refractivity contribution in [3.05, 3.63) is 63.1 Å². The first-order valence-electron chi connectivity index (χ1n) is 7.63. The van der Waals surface area contributed by atoms with Gasteiger partial charge in [0.1, 0.15) is 0 Å². The van der Waals surface area contributed by atoms with Gasteiger partial charge < -0.3 is 10.6 Å². The highest BCUT2D eigenvalue weighted by Crippen LogP contribution is 2.31. The summed E-state index contributed by atoms with van der Waals surface area (Å²) in [5, 5.41) is 1.00. The van der Waals surface area contributed by atoms with Crippen molar-refractivity contribution in [2.24, 2.45) is 5.73 Å². The molecule has 1 heterocycles. The second-order valence-electron chi connectivity index (χ2n) is 5.73. The third-order valence-electron chi connectivity index (χ3n) is 4.17. The standard InChI is InChI=1S/C18H16Cl2N2O2/c19-12-7-6-11(15(20)10-12)9-17(23)22-8-2-4-13-14(18(21)24)3-1-5-16(13)22/h1,3,5-7,10H,2,4,8-9H2,(H2,21,24). The maximum Gasteiger partial charge on any atom is 0.249 e. The maximum absolute atomic E-state index is 12.8. The highest BCUT2D eigenvalue weighted by Gasteiger charge is 2.25. The summed E-state index contributed by atoms with van der Waals surface area (Å²) in [5.74, 6) is -0.538. The van der Waals surface area contributed by atoms with Crippen molar-refractivity contribution >= 4 is 40.7 Å². The van der Waals surface area contributed by atoms with Gasteiger partial charge in [-0.3, -0.25) is 9.59 Å². The van der Waals surface area contributed by atoms with Crippen LogP contribution in [0.25, 0.3) is 0 Å². The lowest BCUT2D eigenvalue weighted by Gasteiger charge is -2.30. The van der Waals surface area contributed by atoms with Crippen molar-refractivity contribution in [2.45, 2.75) is 19.3 Å². The largest absolute Gasteiger partial charge is 0.366 e. The number of rotatable bonds is 3. The summed E-state index contributed by atoms with van der Waals surface area (Å²) in [4.78, 5) is 26.1. The van der Waals surface area contributed by atoms with Crippen LogP contribution < -0.4 is 10.6 Å². The number of hydrogen-bond acceptors (Lipinski definition) is 2. The second kappa shape index (κ2) is 6.83. The number of halogens is 2. The van der Waals surface area contributed by atoms with E-state index in [1.807, 2.05) is 6.07 Å². The van der Waals surface area contributed by atoms with Gasteiger partial charge in [0.25, 0.3) is 0 Å². The van der Waals surface area contributed by atoms with Gasteiger partial charge in [-0.25, -0.2) is 0 Å². The van der Waals surface area contributed by atoms with Gasteiger partial charge in [0.05, 0.1) is 6.42 Å². The highest BCUT2D eigenvalue weighted by molar-refractivity contribution is 6.35. The van der Waals surface area contributed by atoms with Gasteiger partial charge >= 0.3 is 0 Å². The molecule has 1 aliphatic rings. The van der Waals surface area contributed by atoms with E-state index in [4.69, 9.17) is 28.9 Å². The zero-order valence-electron chi connectivity index (χ0n) is 12.9. The van der Waals surface area contributed by atoms with Gasteiger partial charge in [0.2, 0.25) is 11.8 Å². The Bertz CT molecular complexity index is 821. The van der Waals surface area contributed by atoms with E-state index in [0.29, 0.717) is 22.2 Å². The quantitative estimate of drug-likeness (QED) is 0.906. The predicted octanol–water partition coefficient (Wildman–Crippen LogP) is 3.61. The first kappa shape index (κ1) is 16.8. The minimum absolute atomic E-state index is 0.0678. The number of carbonyl (C=O) groups excluding carboxylic acids is 2. The van der Waals surface area contributed by atoms with Gasteiger partial charge in [-0.15, -0.1) is 0 Å². The molecule has 2 aromatic carbocycles. The van der Waals surface area contributed by atoms with Crippen molar-refractivity contribution < 1.29 is 9.59 Å². The van der Waals surface area contributed by atoms with Crippen LogP contribution >= 0.6 is 23.2 Å². The summed E-state index contributed by atoms with van der Waals surface area (Å²) in [7, 11) is 0. The monoisotopic (exact) mass is 362 g/mol. The Morgan fingerprint density at radius 1 is 1.17 bits per heavy atom. The molecule has 0 atom stereocenters. The molecule has 4 nitrogen and oxygen atoms in total. The van der Waals surface area contributed by atoms with Crippen molar-refractivity contribution in [1.82, 2.24) is 0 Å². The molecular weight excluding hydrogens is 347 g/mol. The maximum atomic E-state index is 12.8. The Hall–Kier alpha value is -2.04. The topological polar surface area (TPSA) is 63.4 Å². The molecule has 2 amide bonds. The van der Waals surface area contributed by atoms with E-state index in [2.05, 4.69) is 0 Å². The van der Waals surface area contributed by atoms with Gasteiger partial charge in [-0.05, 0) is 48.2 Å². The Morgan fingerprint density at radius 2 is 1.96 bits per heavy atom. The van der Waals surface area contributed by atoms with Crippen LogP contribution in [0.1, 0.15) is 27.9 Å². The predicted molar refractivity (Wildman–Crippen MR) is 95.8 cm³/mol. The Morgan fingerprint density at radius 3 is 2.67 bits per heavy atom. The summed E-state index contributed by atoms with van der Waals surface area (Å²) < 4.78 is 0. The minimum atomic E-state index is -0.470. The number of primary amides is 1. The molecule has 0 saturated carbocycles. The van der Waals surface area contributed by atoms with Crippen LogP contribution in [0, 0.1) is 0 Å². The smallest absolute Gasteiger partial charge is 0.249 e. The van der Waals surface area contributed by atoms with Crippen LogP contribution in [-0.2, 0) is 17.6 Å². The van der Waals surface area contributed by atoms with E-state index >= 15 is 0 Å². The molecule has 1 aliphatic heterocycles. The van der Waals surface area contributed by atoms with Crippen molar-refractivity contribution in [2.75, 3.05) is 11.4 Å². The van der Waals surface area contributed by atoms with Crippen LogP contribution in [-0.4, -0.2) is 18.4 Å². The molecule has 2 N–H and O–H groups in total. The lowest BCUT2D eigenvalue weighted by Crippen LogP contribution is -2.37. The Kier molecular flexibility index (Phi) is 4.78. The average molecular weight is 363 g/mol. The van der Waals surface area contributed by atoms with Gasteiger partial charge in [-0.2, -0.15) is 0 Å². The normalized spacial score (nSPS) is 13.5. The molecule has 0 aromatic heterocycles. The number of benzene rings is 2. The molecule has 2 aromatic rings. The Labute approximate surface area is 150 Å². The SMILES string of the molecule is NC(=O)c1cccc2c1CCCN2C(=O)Cc1ccc(Cl)cc1Cl. The molecule has 0 radical (unpaired) electrons. The number of amides is 2. The van der Waals surface area contributed by atoms with Gasteiger partial charge in [0, 0.05) is 27.8 Å². The molecule has 0 bridgehead atoms. The molecule has 24 heavy (non-hydrogen) atoms. The molecular formula is C18H16Cl2N2O2. The fraction of sp³-hybridized carbons (Fsp3) is 0.222. The third kappa shape index (κ3) is 3.25. The molecule has 0 unspecified atom stereocenters. The van der Waals surface area contributed by atoms with E-state index in [0.717, 1.165) is 29.7 Å². The second-order valence-corrected chi connectivity index (χ2v) is 6.57. The summed E-state index contributed by atoms with van der Waals surface area (Å²) in [6.45, 7) is 0.610. The molecule has 3 rings (SSSR count). The van der Waals surface area contributed by atoms with Crippen molar-refractivity contribution in [3.8, 4) is 0 Å². The molecule has 6 heteroatoms. The average Bonchev–Trinajstić information content (AvgIpc) is 2.56. The highest BCUT2D eigenvalue weighted by atomic mass is 35.5. The van der Waals surface area contributed by atoms with Crippen molar-refractivity contribution in [3.63, 3.8) is 0 Å². The van der Waals surface area contributed by atoms with Crippen LogP contribution in [0.3, 0.4) is 0 Å². The molecule has 0 aliphatic carbocycles. The van der Waals surface area contributed by atoms with E-state index in [1.165, 1.54) is 0 Å². The summed E-state index contributed by atoms with van der Waals surface area (Å²) >= 11 is 12.1. The molecule has 0 spiro atoms. The first-order chi connectivity index (χ1) is 11.5. The van der Waals surface area contributed by atoms with E-state index in [-0.39, 0.29) is 12.3 Å². The van der Waals surface area contributed by atoms with Crippen LogP contribution in [0.2, 0.25) is 10.0 Å². The summed E-state index contributed by atoms with van der Waals surface area (Å²) in [6, 6.07) is 10.4. The molecule has 124 valence electrons. The first-order valence-corrected chi connectivity index (χ1v) is 8.39. The summed E-state index contributed by atoms with van der Waals surface area (Å²) in [5.41, 5.74) is 8.25. The number of nitrogens with zero attached hydrogens (tertiary/aromatic N) is 1. The van der Waals surface area contributed by atoms with E-state index in [1.54, 1.807) is 35.2 Å². The number of hydrogen-bond donors (Lipinski definition) is 1. The number of carbonyl (C=O) groups is 2. The third-order valence-corrected chi connectivity index (χ3v) is 4.76. The van der Waals surface area contributed by atoms with Crippen LogP contribution in [0.5, 0.6) is 0 Å². The fourth-order valence-electron chi connectivity index (χ4n) is 3.04. The van der Waals surface area contributed by atoms with E-state index in [9.17, 15) is 9.59 Å². The Balaban J connectivity index is 1.90. The number of nitrogens with two attached hydrogens (primary N) is 1. The van der Waals surface area contributed by atoms with Crippen LogP contribution in [0.4, 0.5) is 5.69 Å². The molecule has 0 fully saturated rings. The van der Waals surface area contributed by atoms with Gasteiger partial charge in [-0.1, -0.05) is 35.3 Å². The number of fused-ring (bicyclic) bond motifs is 1. The molecule has 0 saturated heterocycles. The van der Waals surface area contributed by atoms with Crippen LogP contribution in [0.15, 0.2) is 36.4 Å². The van der Waals surface area contributed by atoms with Gasteiger partial charge in [0.15, 0.2) is 0 Å². The lowest BCUT2D eigenvalue weighted by molar-refractivity contribution is -0.118. The zero-order chi connectivity index (χ0) is 17.3. The lowest BCUT2D eigenvalue weighted by atomic mass is 9.95. The zero-order valence-corrected chi connectivity index (χ0v) is 14.4. The summed E-state index contributed by atoms with van der Waals surface area (Å²) in [6.07, 6.45) is 1.70. The number of anilines is 1. The minimum Gasteiger partial charge on any atom is -0.366 e. The fourth-order valence-corrected chi connectivity index (χ4v) is 3.51. The van der Waals surface area contributed by atoms with Crippen molar-refractivity contribution in [1.29, 1.82) is 0 Å².